The van der Waals surface area contributed by atoms with Crippen LogP contribution in [-0.2, 0) is 4.74 Å². The molecule has 5 nitrogen and oxygen atoms in total. The van der Waals surface area contributed by atoms with Gasteiger partial charge in [-0.15, -0.1) is 0 Å². The highest BCUT2D eigenvalue weighted by molar-refractivity contribution is 9.10. The maximum atomic E-state index is 5.40. The van der Waals surface area contributed by atoms with E-state index in [4.69, 9.17) is 10.6 Å². The Morgan fingerprint density at radius 2 is 2.12 bits per heavy atom. The molecule has 1 unspecified atom stereocenters. The number of rotatable bonds is 4. The van der Waals surface area contributed by atoms with Crippen molar-refractivity contribution >= 4 is 27.6 Å². The fourth-order valence-electron chi connectivity index (χ4n) is 1.27. The van der Waals surface area contributed by atoms with E-state index in [2.05, 4.69) is 31.7 Å². The third-order valence-electron chi connectivity index (χ3n) is 2.00. The fourth-order valence-corrected chi connectivity index (χ4v) is 1.54. The molecule has 1 aromatic carbocycles. The number of halogens is 1. The van der Waals surface area contributed by atoms with E-state index in [9.17, 15) is 0 Å². The second kappa shape index (κ2) is 7.26. The Labute approximate surface area is 110 Å². The van der Waals surface area contributed by atoms with Gasteiger partial charge in [0.1, 0.15) is 0 Å². The van der Waals surface area contributed by atoms with E-state index >= 15 is 0 Å². The summed E-state index contributed by atoms with van der Waals surface area (Å²) in [5.41, 5.74) is 3.44. The van der Waals surface area contributed by atoms with Gasteiger partial charge in [-0.25, -0.2) is 10.8 Å². The molecule has 0 bridgehead atoms. The number of methoxy groups -OCH3 is 1. The lowest BCUT2D eigenvalue weighted by Crippen LogP contribution is -2.37. The predicted molar refractivity (Wildman–Crippen MR) is 73.9 cm³/mol. The van der Waals surface area contributed by atoms with E-state index in [1.54, 1.807) is 7.11 Å². The lowest BCUT2D eigenvalue weighted by Gasteiger charge is -2.12. The van der Waals surface area contributed by atoms with E-state index in [-0.39, 0.29) is 6.04 Å². The Balaban J connectivity index is 2.66. The van der Waals surface area contributed by atoms with Crippen molar-refractivity contribution in [1.29, 1.82) is 0 Å². The fraction of sp³-hybridized carbons (Fsp3) is 0.364. The highest BCUT2D eigenvalue weighted by atomic mass is 79.9. The lowest BCUT2D eigenvalue weighted by atomic mass is 10.3. The molecule has 0 fully saturated rings. The van der Waals surface area contributed by atoms with E-state index in [1.807, 2.05) is 31.2 Å². The van der Waals surface area contributed by atoms with Crippen LogP contribution in [0.3, 0.4) is 0 Å². The molecular formula is C11H17BrN4O. The van der Waals surface area contributed by atoms with Crippen LogP contribution >= 0.6 is 15.9 Å². The molecule has 0 aliphatic rings. The van der Waals surface area contributed by atoms with Gasteiger partial charge in [-0.2, -0.15) is 0 Å². The zero-order valence-electron chi connectivity index (χ0n) is 9.90. The zero-order chi connectivity index (χ0) is 12.7. The van der Waals surface area contributed by atoms with Crippen LogP contribution in [-0.4, -0.2) is 25.7 Å². The summed E-state index contributed by atoms with van der Waals surface area (Å²) in [6.07, 6.45) is 0. The van der Waals surface area contributed by atoms with Crippen LogP contribution in [0.15, 0.2) is 33.7 Å². The van der Waals surface area contributed by atoms with Crippen molar-refractivity contribution in [2.24, 2.45) is 10.8 Å². The lowest BCUT2D eigenvalue weighted by molar-refractivity contribution is 0.185. The topological polar surface area (TPSA) is 71.7 Å². The molecule has 6 heteroatoms. The van der Waals surface area contributed by atoms with Crippen molar-refractivity contribution in [2.75, 3.05) is 19.0 Å². The van der Waals surface area contributed by atoms with Gasteiger partial charge in [0.25, 0.3) is 0 Å². The minimum Gasteiger partial charge on any atom is -0.382 e. The Kier molecular flexibility index (Phi) is 5.96. The maximum Gasteiger partial charge on any atom is 0.210 e. The Morgan fingerprint density at radius 3 is 2.65 bits per heavy atom. The molecule has 0 heterocycles. The van der Waals surface area contributed by atoms with Crippen molar-refractivity contribution in [3.63, 3.8) is 0 Å². The molecule has 0 aliphatic heterocycles. The summed E-state index contributed by atoms with van der Waals surface area (Å²) in [5.74, 6) is 5.91. The van der Waals surface area contributed by atoms with Gasteiger partial charge in [0, 0.05) is 17.3 Å². The van der Waals surface area contributed by atoms with E-state index in [0.717, 1.165) is 10.2 Å². The SMILES string of the molecule is COCC(C)N=C(NN)Nc1ccc(Br)cc1. The van der Waals surface area contributed by atoms with Crippen molar-refractivity contribution in [3.05, 3.63) is 28.7 Å². The number of nitrogens with zero attached hydrogens (tertiary/aromatic N) is 1. The van der Waals surface area contributed by atoms with Gasteiger partial charge in [0.05, 0.1) is 12.6 Å². The molecule has 1 atom stereocenters. The molecule has 0 amide bonds. The number of hydrazine groups is 1. The van der Waals surface area contributed by atoms with Gasteiger partial charge in [-0.1, -0.05) is 15.9 Å². The molecule has 0 saturated heterocycles. The first-order chi connectivity index (χ1) is 8.15. The third-order valence-corrected chi connectivity index (χ3v) is 2.53. The summed E-state index contributed by atoms with van der Waals surface area (Å²) < 4.78 is 6.03. The van der Waals surface area contributed by atoms with Crippen LogP contribution in [0.25, 0.3) is 0 Å². The average molecular weight is 301 g/mol. The molecule has 0 radical (unpaired) electrons. The summed E-state index contributed by atoms with van der Waals surface area (Å²) >= 11 is 3.37. The van der Waals surface area contributed by atoms with Crippen LogP contribution in [0.5, 0.6) is 0 Å². The number of hydrogen-bond donors (Lipinski definition) is 3. The van der Waals surface area contributed by atoms with Crippen molar-refractivity contribution in [3.8, 4) is 0 Å². The standard InChI is InChI=1S/C11H17BrN4O/c1-8(7-17-2)14-11(16-13)15-10-5-3-9(12)4-6-10/h3-6,8H,7,13H2,1-2H3,(H2,14,15,16). The Hall–Kier alpha value is -1.11. The van der Waals surface area contributed by atoms with Crippen LogP contribution < -0.4 is 16.6 Å². The molecular weight excluding hydrogens is 284 g/mol. The first kappa shape index (κ1) is 14.0. The van der Waals surface area contributed by atoms with Gasteiger partial charge < -0.3 is 10.1 Å². The van der Waals surface area contributed by atoms with Gasteiger partial charge in [0.2, 0.25) is 5.96 Å². The molecule has 0 aliphatic carbocycles. The van der Waals surface area contributed by atoms with Gasteiger partial charge in [0.15, 0.2) is 0 Å². The molecule has 0 saturated carbocycles. The first-order valence-corrected chi connectivity index (χ1v) is 6.01. The molecule has 0 aromatic heterocycles. The maximum absolute atomic E-state index is 5.40. The van der Waals surface area contributed by atoms with Crippen molar-refractivity contribution in [1.82, 2.24) is 5.43 Å². The average Bonchev–Trinajstić information content (AvgIpc) is 2.31. The van der Waals surface area contributed by atoms with Crippen LogP contribution in [0.2, 0.25) is 0 Å². The summed E-state index contributed by atoms with van der Waals surface area (Å²) in [4.78, 5) is 4.34. The quantitative estimate of drug-likeness (QED) is 0.343. The number of aliphatic imine (C=N–C) groups is 1. The number of nitrogens with two attached hydrogens (primary N) is 1. The normalized spacial score (nSPS) is 13.3. The second-order valence-electron chi connectivity index (χ2n) is 3.56. The highest BCUT2D eigenvalue weighted by Crippen LogP contribution is 2.13. The monoisotopic (exact) mass is 300 g/mol. The van der Waals surface area contributed by atoms with Gasteiger partial charge in [-0.05, 0) is 31.2 Å². The number of nitrogens with one attached hydrogen (secondary N) is 2. The number of benzene rings is 1. The summed E-state index contributed by atoms with van der Waals surface area (Å²) in [6, 6.07) is 7.77. The first-order valence-electron chi connectivity index (χ1n) is 5.21. The number of ether oxygens (including phenoxy) is 1. The molecule has 94 valence electrons. The molecule has 0 spiro atoms. The van der Waals surface area contributed by atoms with E-state index < -0.39 is 0 Å². The largest absolute Gasteiger partial charge is 0.382 e. The van der Waals surface area contributed by atoms with Crippen LogP contribution in [0, 0.1) is 0 Å². The Bertz CT molecular complexity index is 366. The number of anilines is 1. The predicted octanol–water partition coefficient (Wildman–Crippen LogP) is 1.72. The molecule has 1 rings (SSSR count). The molecule has 17 heavy (non-hydrogen) atoms. The smallest absolute Gasteiger partial charge is 0.210 e. The summed E-state index contributed by atoms with van der Waals surface area (Å²) in [6.45, 7) is 2.50. The third kappa shape index (κ3) is 5.16. The molecule has 1 aromatic rings. The van der Waals surface area contributed by atoms with Crippen molar-refractivity contribution < 1.29 is 4.74 Å². The van der Waals surface area contributed by atoms with Gasteiger partial charge >= 0.3 is 0 Å². The second-order valence-corrected chi connectivity index (χ2v) is 4.47. The minimum absolute atomic E-state index is 0.0361. The number of hydrogen-bond acceptors (Lipinski definition) is 3. The summed E-state index contributed by atoms with van der Waals surface area (Å²) in [5, 5.41) is 3.08. The van der Waals surface area contributed by atoms with Crippen molar-refractivity contribution in [2.45, 2.75) is 13.0 Å². The molecule has 4 N–H and O–H groups in total. The van der Waals surface area contributed by atoms with Crippen LogP contribution in [0.4, 0.5) is 5.69 Å². The number of guanidine groups is 1. The van der Waals surface area contributed by atoms with E-state index in [0.29, 0.717) is 12.6 Å². The Morgan fingerprint density at radius 1 is 1.47 bits per heavy atom. The minimum atomic E-state index is 0.0361. The summed E-state index contributed by atoms with van der Waals surface area (Å²) in [7, 11) is 1.64. The van der Waals surface area contributed by atoms with E-state index in [1.165, 1.54) is 0 Å². The van der Waals surface area contributed by atoms with Crippen LogP contribution in [0.1, 0.15) is 6.92 Å². The van der Waals surface area contributed by atoms with Gasteiger partial charge in [-0.3, -0.25) is 5.43 Å². The highest BCUT2D eigenvalue weighted by Gasteiger charge is 2.02. The zero-order valence-corrected chi connectivity index (χ0v) is 11.5.